The zero-order chi connectivity index (χ0) is 10.0. The Balaban J connectivity index is 2.00. The third kappa shape index (κ3) is 0.930. The van der Waals surface area contributed by atoms with E-state index in [4.69, 9.17) is 11.6 Å². The molecule has 3 rings (SSSR count). The summed E-state index contributed by atoms with van der Waals surface area (Å²) < 4.78 is 0.228. The molecule has 0 aromatic rings. The van der Waals surface area contributed by atoms with Crippen LogP contribution in [0.5, 0.6) is 0 Å². The molecule has 3 aliphatic rings. The molecule has 3 fully saturated rings. The molecule has 3 saturated carbocycles. The quantitative estimate of drug-likeness (QED) is 0.554. The van der Waals surface area contributed by atoms with E-state index in [0.717, 1.165) is 0 Å². The zero-order valence-electron chi connectivity index (χ0n) is 8.16. The highest BCUT2D eigenvalue weighted by Crippen LogP contribution is 2.90. The van der Waals surface area contributed by atoms with Crippen molar-refractivity contribution in [3.8, 4) is 0 Å². The summed E-state index contributed by atoms with van der Waals surface area (Å²) in [5.74, 6) is 0. The first-order chi connectivity index (χ1) is 6.56. The molecule has 0 bridgehead atoms. The van der Waals surface area contributed by atoms with Gasteiger partial charge in [0.2, 0.25) is 0 Å². The van der Waals surface area contributed by atoms with Gasteiger partial charge in [-0.15, -0.1) is 11.6 Å². The lowest BCUT2D eigenvalue weighted by atomic mass is 9.92. The molecule has 0 amide bonds. The Hall–Kier alpha value is 1.25. The molecule has 0 aromatic carbocycles. The summed E-state index contributed by atoms with van der Waals surface area (Å²) >= 11 is 14.2. The predicted molar refractivity (Wildman–Crippen MR) is 67.4 cm³/mol. The Labute approximate surface area is 107 Å². The van der Waals surface area contributed by atoms with Crippen molar-refractivity contribution in [1.82, 2.24) is 0 Å². The Morgan fingerprint density at radius 3 is 1.93 bits per heavy atom. The molecule has 14 heavy (non-hydrogen) atoms. The van der Waals surface area contributed by atoms with Crippen molar-refractivity contribution in [2.24, 2.45) is 10.8 Å². The van der Waals surface area contributed by atoms with Gasteiger partial charge in [0.25, 0.3) is 0 Å². The summed E-state index contributed by atoms with van der Waals surface area (Å²) in [6.07, 6.45) is 9.37. The maximum Gasteiger partial charge on any atom is 0.0930 e. The summed E-state index contributed by atoms with van der Waals surface area (Å²) in [6.45, 7) is 0. The molecule has 0 nitrogen and oxygen atoms in total. The summed E-state index contributed by atoms with van der Waals surface area (Å²) in [6, 6.07) is 0. The van der Waals surface area contributed by atoms with Crippen LogP contribution >= 0.6 is 43.5 Å². The minimum absolute atomic E-state index is 0.228. The van der Waals surface area contributed by atoms with Crippen LogP contribution in [-0.2, 0) is 0 Å². The van der Waals surface area contributed by atoms with Crippen LogP contribution in [0, 0.1) is 10.8 Å². The average Bonchev–Trinajstić information content (AvgIpc) is 2.35. The normalized spacial score (nSPS) is 54.6. The SMILES string of the molecule is ClC1C[C@]23CCCCC[C@@]2(C1)C3(Br)Br. The van der Waals surface area contributed by atoms with Crippen molar-refractivity contribution in [3.05, 3.63) is 0 Å². The molecule has 0 aromatic heterocycles. The molecule has 80 valence electrons. The predicted octanol–water partition coefficient (Wildman–Crippen LogP) is 4.82. The Morgan fingerprint density at radius 1 is 0.929 bits per heavy atom. The molecule has 0 N–H and O–H groups in total. The summed E-state index contributed by atoms with van der Waals surface area (Å²) in [5, 5.41) is 0.427. The van der Waals surface area contributed by atoms with Gasteiger partial charge in [-0.05, 0) is 25.7 Å². The lowest BCUT2D eigenvalue weighted by molar-refractivity contribution is 0.367. The zero-order valence-corrected chi connectivity index (χ0v) is 12.1. The number of rotatable bonds is 0. The number of hydrogen-bond donors (Lipinski definition) is 0. The summed E-state index contributed by atoms with van der Waals surface area (Å²) in [4.78, 5) is 0. The fourth-order valence-corrected chi connectivity index (χ4v) is 7.53. The maximum atomic E-state index is 6.34. The lowest BCUT2D eigenvalue weighted by Gasteiger charge is -2.20. The van der Waals surface area contributed by atoms with Gasteiger partial charge in [-0.2, -0.15) is 0 Å². The molecule has 0 radical (unpaired) electrons. The van der Waals surface area contributed by atoms with Crippen molar-refractivity contribution in [3.63, 3.8) is 0 Å². The molecule has 0 heterocycles. The van der Waals surface area contributed by atoms with Crippen LogP contribution in [-0.4, -0.2) is 8.61 Å². The van der Waals surface area contributed by atoms with Gasteiger partial charge < -0.3 is 0 Å². The van der Waals surface area contributed by atoms with Crippen LogP contribution in [0.1, 0.15) is 44.9 Å². The lowest BCUT2D eigenvalue weighted by Crippen LogP contribution is -2.15. The third-order valence-corrected chi connectivity index (χ3v) is 8.25. The van der Waals surface area contributed by atoms with Crippen molar-refractivity contribution in [2.75, 3.05) is 0 Å². The topological polar surface area (TPSA) is 0 Å². The van der Waals surface area contributed by atoms with E-state index in [1.807, 2.05) is 0 Å². The number of hydrogen-bond acceptors (Lipinski definition) is 0. The van der Waals surface area contributed by atoms with E-state index in [0.29, 0.717) is 16.2 Å². The second-order valence-electron chi connectivity index (χ2n) is 5.30. The molecule has 1 unspecified atom stereocenters. The molecule has 0 spiro atoms. The van der Waals surface area contributed by atoms with Gasteiger partial charge in [-0.1, -0.05) is 51.1 Å². The van der Waals surface area contributed by atoms with Crippen LogP contribution in [0.15, 0.2) is 0 Å². The first-order valence-electron chi connectivity index (χ1n) is 5.58. The fourth-order valence-electron chi connectivity index (χ4n) is 4.24. The highest BCUT2D eigenvalue weighted by atomic mass is 79.9. The molecule has 3 heteroatoms. The van der Waals surface area contributed by atoms with E-state index >= 15 is 0 Å². The minimum Gasteiger partial charge on any atom is -0.123 e. The number of halogens is 3. The van der Waals surface area contributed by atoms with E-state index in [2.05, 4.69) is 31.9 Å². The van der Waals surface area contributed by atoms with E-state index in [-0.39, 0.29) is 3.23 Å². The van der Waals surface area contributed by atoms with Gasteiger partial charge in [-0.3, -0.25) is 0 Å². The molecule has 3 atom stereocenters. The van der Waals surface area contributed by atoms with Gasteiger partial charge in [0.1, 0.15) is 0 Å². The van der Waals surface area contributed by atoms with E-state index < -0.39 is 0 Å². The second-order valence-corrected chi connectivity index (χ2v) is 9.37. The molecular weight excluding hydrogens is 327 g/mol. The second kappa shape index (κ2) is 2.92. The van der Waals surface area contributed by atoms with Gasteiger partial charge >= 0.3 is 0 Å². The number of alkyl halides is 3. The Morgan fingerprint density at radius 2 is 1.43 bits per heavy atom. The Bertz CT molecular complexity index is 254. The average molecular weight is 343 g/mol. The highest BCUT2D eigenvalue weighted by Gasteiger charge is 2.86. The third-order valence-electron chi connectivity index (χ3n) is 4.90. The van der Waals surface area contributed by atoms with Crippen molar-refractivity contribution in [2.45, 2.75) is 53.6 Å². The Kier molecular flexibility index (Phi) is 2.17. The van der Waals surface area contributed by atoms with Gasteiger partial charge in [0.15, 0.2) is 0 Å². The summed E-state index contributed by atoms with van der Waals surface area (Å²) in [5.41, 5.74) is 0.978. The van der Waals surface area contributed by atoms with Crippen LogP contribution in [0.2, 0.25) is 0 Å². The van der Waals surface area contributed by atoms with E-state index in [9.17, 15) is 0 Å². The largest absolute Gasteiger partial charge is 0.123 e. The van der Waals surface area contributed by atoms with Gasteiger partial charge in [-0.25, -0.2) is 0 Å². The fraction of sp³-hybridized carbons (Fsp3) is 1.00. The van der Waals surface area contributed by atoms with Crippen molar-refractivity contribution < 1.29 is 0 Å². The van der Waals surface area contributed by atoms with Crippen LogP contribution in [0.4, 0.5) is 0 Å². The molecular formula is C11H15Br2Cl. The van der Waals surface area contributed by atoms with E-state index in [1.54, 1.807) is 0 Å². The van der Waals surface area contributed by atoms with E-state index in [1.165, 1.54) is 44.9 Å². The first kappa shape index (κ1) is 10.4. The van der Waals surface area contributed by atoms with Crippen molar-refractivity contribution >= 4 is 43.5 Å². The van der Waals surface area contributed by atoms with Crippen LogP contribution in [0.3, 0.4) is 0 Å². The van der Waals surface area contributed by atoms with Gasteiger partial charge in [0.05, 0.1) is 3.23 Å². The molecule has 3 aliphatic carbocycles. The van der Waals surface area contributed by atoms with Crippen LogP contribution in [0.25, 0.3) is 0 Å². The minimum atomic E-state index is 0.228. The highest BCUT2D eigenvalue weighted by molar-refractivity contribution is 9.25. The van der Waals surface area contributed by atoms with Crippen molar-refractivity contribution in [1.29, 1.82) is 0 Å². The standard InChI is InChI=1S/C11H15Br2Cl/c12-11(13)9-4-2-1-3-5-10(9,11)7-8(14)6-9/h8H,1-7H2/t8?,9-,10+. The van der Waals surface area contributed by atoms with Crippen LogP contribution < -0.4 is 0 Å². The maximum absolute atomic E-state index is 6.34. The van der Waals surface area contributed by atoms with Gasteiger partial charge in [0, 0.05) is 16.2 Å². The monoisotopic (exact) mass is 340 g/mol. The molecule has 0 saturated heterocycles. The summed E-state index contributed by atoms with van der Waals surface area (Å²) in [7, 11) is 0. The smallest absolute Gasteiger partial charge is 0.0930 e. The molecule has 0 aliphatic heterocycles. The first-order valence-corrected chi connectivity index (χ1v) is 7.60.